The summed E-state index contributed by atoms with van der Waals surface area (Å²) in [4.78, 5) is 24.0. The van der Waals surface area contributed by atoms with Gasteiger partial charge < -0.3 is 14.5 Å². The first-order valence-corrected chi connectivity index (χ1v) is 17.6. The molecule has 49 heavy (non-hydrogen) atoms. The number of rotatable bonds is 7. The maximum Gasteiger partial charge on any atom is 0.282 e. The molecule has 2 aromatic carbocycles. The SMILES string of the molecule is C=C(F)C(=O)N1CCN(C2=C(CC#N)C(OCC34CCCN3CCC4)=NC3C=C(c4cccc5cccc(Cl)c45)C(Cl)=CC23)C[C@@H]1CC#N. The van der Waals surface area contributed by atoms with E-state index in [9.17, 15) is 19.7 Å². The molecule has 4 aliphatic heterocycles. The second-order valence-electron chi connectivity index (χ2n) is 13.5. The molecule has 2 unspecified atom stereocenters. The standard InChI is InChI=1S/C38H37Cl2FN6O2/c1-24(41)37(48)47-19-18-45(22-26(47)10-14-42)35-28(11-15-43)36(49-23-38-12-4-16-46(38)17-5-13-38)44-33-21-29(32(40)20-30(33)35)27-8-2-6-25-7-3-9-31(39)34(25)27/h2-3,6-9,20-21,26,30,33H,1,4-5,10-13,16-19,22-23H2/t26-,30?,33?/m0/s1. The van der Waals surface area contributed by atoms with Gasteiger partial charge in [-0.15, -0.1) is 0 Å². The quantitative estimate of drug-likeness (QED) is 0.286. The van der Waals surface area contributed by atoms with Crippen molar-refractivity contribution in [3.05, 3.63) is 87.8 Å². The van der Waals surface area contributed by atoms with Crippen molar-refractivity contribution in [2.75, 3.05) is 39.3 Å². The van der Waals surface area contributed by atoms with Crippen LogP contribution in [-0.2, 0) is 9.53 Å². The molecule has 3 fully saturated rings. The number of nitriles is 2. The number of nitrogens with zero attached hydrogens (tertiary/aromatic N) is 6. The number of benzene rings is 2. The van der Waals surface area contributed by atoms with E-state index in [-0.39, 0.29) is 37.4 Å². The van der Waals surface area contributed by atoms with Crippen molar-refractivity contribution in [2.45, 2.75) is 56.1 Å². The molecular formula is C38H37Cl2FN6O2. The number of hydrogen-bond donors (Lipinski definition) is 0. The first kappa shape index (κ1) is 33.4. The molecule has 0 radical (unpaired) electrons. The van der Waals surface area contributed by atoms with Gasteiger partial charge in [-0.05, 0) is 67.4 Å². The van der Waals surface area contributed by atoms with Gasteiger partial charge in [-0.3, -0.25) is 9.69 Å². The van der Waals surface area contributed by atoms with Crippen molar-refractivity contribution in [1.82, 2.24) is 14.7 Å². The smallest absolute Gasteiger partial charge is 0.282 e. The van der Waals surface area contributed by atoms with Crippen molar-refractivity contribution >= 4 is 51.4 Å². The number of halogens is 3. The van der Waals surface area contributed by atoms with Crippen LogP contribution < -0.4 is 0 Å². The molecule has 3 atom stereocenters. The number of aliphatic imine (C=N–C) groups is 1. The minimum Gasteiger partial charge on any atom is -0.476 e. The van der Waals surface area contributed by atoms with E-state index in [1.165, 1.54) is 4.90 Å². The van der Waals surface area contributed by atoms with Gasteiger partial charge in [0.15, 0.2) is 5.83 Å². The van der Waals surface area contributed by atoms with Crippen LogP contribution in [0.25, 0.3) is 16.3 Å². The number of allylic oxidation sites excluding steroid dienone is 2. The molecule has 252 valence electrons. The Kier molecular flexibility index (Phi) is 9.28. The topological polar surface area (TPSA) is 96.0 Å². The summed E-state index contributed by atoms with van der Waals surface area (Å²) >= 11 is 13.9. The van der Waals surface area contributed by atoms with Gasteiger partial charge in [0.2, 0.25) is 5.90 Å². The Morgan fingerprint density at radius 1 is 1.06 bits per heavy atom. The van der Waals surface area contributed by atoms with Crippen molar-refractivity contribution in [3.8, 4) is 12.1 Å². The molecule has 0 bridgehead atoms. The van der Waals surface area contributed by atoms with E-state index in [0.717, 1.165) is 66.4 Å². The summed E-state index contributed by atoms with van der Waals surface area (Å²) in [5.41, 5.74) is 3.18. The van der Waals surface area contributed by atoms with E-state index in [1.807, 2.05) is 42.5 Å². The zero-order valence-electron chi connectivity index (χ0n) is 27.2. The molecule has 7 rings (SSSR count). The average molecular weight is 700 g/mol. The first-order valence-electron chi connectivity index (χ1n) is 16.8. The van der Waals surface area contributed by atoms with Crippen LogP contribution in [0.5, 0.6) is 0 Å². The molecule has 1 aliphatic carbocycles. The molecule has 8 nitrogen and oxygen atoms in total. The lowest BCUT2D eigenvalue weighted by molar-refractivity contribution is -0.133. The molecule has 5 aliphatic rings. The number of dihydropyridines is 1. The highest BCUT2D eigenvalue weighted by molar-refractivity contribution is 6.39. The number of ether oxygens (including phenoxy) is 1. The summed E-state index contributed by atoms with van der Waals surface area (Å²) in [5.74, 6) is -1.76. The van der Waals surface area contributed by atoms with Crippen LogP contribution in [0.1, 0.15) is 44.1 Å². The second-order valence-corrected chi connectivity index (χ2v) is 14.3. The van der Waals surface area contributed by atoms with Gasteiger partial charge >= 0.3 is 0 Å². The third kappa shape index (κ3) is 6.03. The Balaban J connectivity index is 1.32. The van der Waals surface area contributed by atoms with Crippen molar-refractivity contribution in [2.24, 2.45) is 10.9 Å². The minimum atomic E-state index is -1.05. The number of hydrogen-bond acceptors (Lipinski definition) is 7. The molecule has 2 aromatic rings. The van der Waals surface area contributed by atoms with Crippen LogP contribution in [0.4, 0.5) is 4.39 Å². The summed E-state index contributed by atoms with van der Waals surface area (Å²) in [6.07, 6.45) is 8.50. The molecule has 0 saturated carbocycles. The maximum absolute atomic E-state index is 14.0. The Morgan fingerprint density at radius 2 is 1.82 bits per heavy atom. The minimum absolute atomic E-state index is 0.0166. The fourth-order valence-electron chi connectivity index (χ4n) is 8.53. The third-order valence-electron chi connectivity index (χ3n) is 10.8. The summed E-state index contributed by atoms with van der Waals surface area (Å²) < 4.78 is 20.7. The largest absolute Gasteiger partial charge is 0.476 e. The lowest BCUT2D eigenvalue weighted by atomic mass is 9.81. The Hall–Kier alpha value is -4.15. The molecule has 11 heteroatoms. The molecule has 0 aromatic heterocycles. The van der Waals surface area contributed by atoms with Crippen LogP contribution in [0, 0.1) is 28.6 Å². The Bertz CT molecular complexity index is 1910. The van der Waals surface area contributed by atoms with Gasteiger partial charge in [-0.1, -0.05) is 66.2 Å². The summed E-state index contributed by atoms with van der Waals surface area (Å²) in [6.45, 7) is 6.62. The molecule has 3 saturated heterocycles. The van der Waals surface area contributed by atoms with Gasteiger partial charge in [0.05, 0.1) is 42.6 Å². The van der Waals surface area contributed by atoms with Crippen LogP contribution in [0.2, 0.25) is 5.02 Å². The summed E-state index contributed by atoms with van der Waals surface area (Å²) in [7, 11) is 0. The highest BCUT2D eigenvalue weighted by Crippen LogP contribution is 2.45. The zero-order chi connectivity index (χ0) is 34.3. The van der Waals surface area contributed by atoms with E-state index >= 15 is 0 Å². The van der Waals surface area contributed by atoms with Gasteiger partial charge in [0.25, 0.3) is 5.91 Å². The van der Waals surface area contributed by atoms with Crippen LogP contribution in [0.15, 0.2) is 82.3 Å². The summed E-state index contributed by atoms with van der Waals surface area (Å²) in [5, 5.41) is 22.8. The number of carbonyl (C=O) groups excluding carboxylic acids is 1. The van der Waals surface area contributed by atoms with Crippen molar-refractivity contribution in [3.63, 3.8) is 0 Å². The van der Waals surface area contributed by atoms with E-state index in [2.05, 4.69) is 34.6 Å². The second kappa shape index (κ2) is 13.6. The monoisotopic (exact) mass is 698 g/mol. The lowest BCUT2D eigenvalue weighted by Crippen LogP contribution is -2.56. The van der Waals surface area contributed by atoms with Gasteiger partial charge in [-0.2, -0.15) is 10.5 Å². The molecular weight excluding hydrogens is 662 g/mol. The fraction of sp³-hybridized carbons (Fsp3) is 0.421. The molecule has 0 N–H and O–H groups in total. The predicted molar refractivity (Wildman–Crippen MR) is 189 cm³/mol. The van der Waals surface area contributed by atoms with Crippen LogP contribution >= 0.6 is 23.2 Å². The van der Waals surface area contributed by atoms with Gasteiger partial charge in [0.1, 0.15) is 6.61 Å². The maximum atomic E-state index is 14.0. The van der Waals surface area contributed by atoms with Crippen molar-refractivity contribution < 1.29 is 13.9 Å². The van der Waals surface area contributed by atoms with E-state index in [0.29, 0.717) is 34.7 Å². The fourth-order valence-corrected chi connectivity index (χ4v) is 9.12. The van der Waals surface area contributed by atoms with Crippen LogP contribution in [-0.4, -0.2) is 83.5 Å². The van der Waals surface area contributed by atoms with E-state index < -0.39 is 23.8 Å². The van der Waals surface area contributed by atoms with E-state index in [4.69, 9.17) is 32.9 Å². The highest BCUT2D eigenvalue weighted by atomic mass is 35.5. The number of piperazine rings is 1. The Morgan fingerprint density at radius 3 is 2.53 bits per heavy atom. The molecule has 4 heterocycles. The highest BCUT2D eigenvalue weighted by Gasteiger charge is 2.46. The normalized spacial score (nSPS) is 24.8. The lowest BCUT2D eigenvalue weighted by Gasteiger charge is -2.46. The number of amides is 1. The van der Waals surface area contributed by atoms with Gasteiger partial charge in [-0.25, -0.2) is 9.38 Å². The van der Waals surface area contributed by atoms with Crippen LogP contribution in [0.3, 0.4) is 0 Å². The zero-order valence-corrected chi connectivity index (χ0v) is 28.7. The Labute approximate surface area is 296 Å². The van der Waals surface area contributed by atoms with Gasteiger partial charge in [0, 0.05) is 52.3 Å². The van der Waals surface area contributed by atoms with E-state index in [1.54, 1.807) is 0 Å². The predicted octanol–water partition coefficient (Wildman–Crippen LogP) is 7.13. The molecule has 0 spiro atoms. The number of carbonyl (C=O) groups is 1. The summed E-state index contributed by atoms with van der Waals surface area (Å²) in [6, 6.07) is 15.3. The third-order valence-corrected chi connectivity index (χ3v) is 11.4. The van der Waals surface area contributed by atoms with Crippen molar-refractivity contribution in [1.29, 1.82) is 10.5 Å². The molecule has 1 amide bonds. The first-order chi connectivity index (χ1) is 23.7. The number of fused-ring (bicyclic) bond motifs is 3. The average Bonchev–Trinajstić information content (AvgIpc) is 3.68.